The fourth-order valence-electron chi connectivity index (χ4n) is 4.62. The third-order valence-corrected chi connectivity index (χ3v) is 7.20. The summed E-state index contributed by atoms with van der Waals surface area (Å²) in [6.07, 6.45) is 1.54. The summed E-state index contributed by atoms with van der Waals surface area (Å²) in [5.74, 6) is 0.573. The number of carboxylic acids is 1. The van der Waals surface area contributed by atoms with E-state index in [0.29, 0.717) is 56.0 Å². The number of nitrogens with zero attached hydrogens (tertiary/aromatic N) is 3. The lowest BCUT2D eigenvalue weighted by atomic mass is 10.1. The summed E-state index contributed by atoms with van der Waals surface area (Å²) >= 11 is 3.57. The Labute approximate surface area is 253 Å². The largest absolute Gasteiger partial charge is 0.490 e. The molecule has 0 radical (unpaired) electrons. The van der Waals surface area contributed by atoms with E-state index in [1.54, 1.807) is 48.5 Å². The molecule has 6 aromatic rings. The molecule has 9 nitrogen and oxygen atoms in total. The molecule has 4 aromatic carbocycles. The first-order valence-corrected chi connectivity index (χ1v) is 14.2. The van der Waals surface area contributed by atoms with Crippen LogP contribution in [0.1, 0.15) is 28.4 Å². The Bertz CT molecular complexity index is 2050. The Kier molecular flexibility index (Phi) is 7.76. The van der Waals surface area contributed by atoms with Crippen molar-refractivity contribution in [2.75, 3.05) is 6.61 Å². The molecule has 0 amide bonds. The van der Waals surface area contributed by atoms with Gasteiger partial charge in [-0.25, -0.2) is 9.78 Å². The van der Waals surface area contributed by atoms with Gasteiger partial charge in [-0.3, -0.25) is 4.79 Å². The predicted molar refractivity (Wildman–Crippen MR) is 167 cm³/mol. The number of halogens is 1. The second-order valence-corrected chi connectivity index (χ2v) is 10.4. The Morgan fingerprint density at radius 2 is 1.84 bits per heavy atom. The number of hydrogen-bond acceptors (Lipinski definition) is 7. The maximum Gasteiger partial charge on any atom is 0.335 e. The maximum absolute atomic E-state index is 13.6. The molecule has 10 heteroatoms. The van der Waals surface area contributed by atoms with E-state index >= 15 is 0 Å². The lowest BCUT2D eigenvalue weighted by Crippen LogP contribution is -2.20. The molecule has 0 aliphatic carbocycles. The number of hydrogen-bond donors (Lipinski definition) is 1. The van der Waals surface area contributed by atoms with Crippen LogP contribution in [0.3, 0.4) is 0 Å². The van der Waals surface area contributed by atoms with Gasteiger partial charge in [0.1, 0.15) is 12.2 Å². The van der Waals surface area contributed by atoms with E-state index in [1.807, 2.05) is 43.3 Å². The minimum Gasteiger partial charge on any atom is -0.490 e. The third-order valence-electron chi connectivity index (χ3n) is 6.61. The minimum absolute atomic E-state index is 0.131. The van der Waals surface area contributed by atoms with Gasteiger partial charge in [0, 0.05) is 5.39 Å². The molecule has 0 fully saturated rings. The smallest absolute Gasteiger partial charge is 0.335 e. The topological polar surface area (TPSA) is 116 Å². The van der Waals surface area contributed by atoms with Crippen LogP contribution in [-0.4, -0.2) is 33.6 Å². The SMILES string of the molecule is CCOc1cc(C=Nn2c(-c3cc4ccccc4o3)nc3ccccc3c2=O)cc(Br)c1OCc1cccc(C(=O)O)c1. The highest BCUT2D eigenvalue weighted by atomic mass is 79.9. The molecule has 6 rings (SSSR count). The van der Waals surface area contributed by atoms with Crippen LogP contribution in [0.5, 0.6) is 11.5 Å². The molecule has 0 bridgehead atoms. The number of carboxylic acid groups (broad SMARTS) is 1. The van der Waals surface area contributed by atoms with E-state index in [9.17, 15) is 14.7 Å². The highest BCUT2D eigenvalue weighted by molar-refractivity contribution is 9.10. The van der Waals surface area contributed by atoms with Gasteiger partial charge < -0.3 is 19.0 Å². The molecule has 0 spiro atoms. The molecule has 1 N–H and O–H groups in total. The van der Waals surface area contributed by atoms with Crippen molar-refractivity contribution in [2.24, 2.45) is 5.10 Å². The normalized spacial score (nSPS) is 11.4. The number of ether oxygens (including phenoxy) is 2. The van der Waals surface area contributed by atoms with Crippen molar-refractivity contribution in [2.45, 2.75) is 13.5 Å². The number of furan rings is 1. The van der Waals surface area contributed by atoms with Crippen LogP contribution in [0, 0.1) is 0 Å². The first-order valence-electron chi connectivity index (χ1n) is 13.4. The molecule has 43 heavy (non-hydrogen) atoms. The molecular weight excluding hydrogens is 614 g/mol. The molecule has 2 aromatic heterocycles. The summed E-state index contributed by atoms with van der Waals surface area (Å²) < 4.78 is 19.8. The highest BCUT2D eigenvalue weighted by Gasteiger charge is 2.17. The summed E-state index contributed by atoms with van der Waals surface area (Å²) in [5.41, 5.74) is 2.37. The zero-order valence-electron chi connectivity index (χ0n) is 22.9. The fourth-order valence-corrected chi connectivity index (χ4v) is 5.20. The molecule has 0 aliphatic rings. The summed E-state index contributed by atoms with van der Waals surface area (Å²) in [7, 11) is 0. The average molecular weight is 638 g/mol. The Morgan fingerprint density at radius 1 is 1.02 bits per heavy atom. The average Bonchev–Trinajstić information content (AvgIpc) is 3.45. The Hall–Kier alpha value is -5.22. The van der Waals surface area contributed by atoms with E-state index in [0.717, 1.165) is 5.39 Å². The molecule has 0 unspecified atom stereocenters. The van der Waals surface area contributed by atoms with Gasteiger partial charge in [0.25, 0.3) is 5.56 Å². The van der Waals surface area contributed by atoms with Crippen LogP contribution in [0.25, 0.3) is 33.5 Å². The minimum atomic E-state index is -1.01. The summed E-state index contributed by atoms with van der Waals surface area (Å²) in [5, 5.41) is 15.1. The number of carbonyl (C=O) groups is 1. The molecule has 0 saturated heterocycles. The van der Waals surface area contributed by atoms with Crippen LogP contribution in [0.2, 0.25) is 0 Å². The van der Waals surface area contributed by atoms with Crippen LogP contribution >= 0.6 is 15.9 Å². The van der Waals surface area contributed by atoms with E-state index in [-0.39, 0.29) is 23.6 Å². The molecule has 214 valence electrons. The van der Waals surface area contributed by atoms with Gasteiger partial charge in [-0.1, -0.05) is 42.5 Å². The Morgan fingerprint density at radius 3 is 2.65 bits per heavy atom. The quantitative estimate of drug-likeness (QED) is 0.168. The maximum atomic E-state index is 13.6. The van der Waals surface area contributed by atoms with E-state index < -0.39 is 5.97 Å². The number of aromatic carboxylic acids is 1. The molecule has 2 heterocycles. The van der Waals surface area contributed by atoms with E-state index in [2.05, 4.69) is 21.0 Å². The van der Waals surface area contributed by atoms with Crippen LogP contribution in [0.15, 0.2) is 110 Å². The molecular formula is C33H24BrN3O6. The predicted octanol–water partition coefficient (Wildman–Crippen LogP) is 7.13. The number of fused-ring (bicyclic) bond motifs is 2. The molecule has 0 aliphatic heterocycles. The lowest BCUT2D eigenvalue weighted by molar-refractivity contribution is 0.0696. The third kappa shape index (κ3) is 5.77. The standard InChI is InChI=1S/C33H24BrN3O6/c1-2-41-28-16-21(15-25(34)30(28)42-19-20-8-7-10-23(14-20)33(39)40)18-35-37-31(29-17-22-9-3-6-13-27(22)43-29)36-26-12-5-4-11-24(26)32(37)38/h3-18H,2,19H2,1H3,(H,39,40). The van der Waals surface area contributed by atoms with Gasteiger partial charge >= 0.3 is 5.97 Å². The second-order valence-electron chi connectivity index (χ2n) is 9.52. The number of rotatable bonds is 9. The molecule has 0 atom stereocenters. The fraction of sp³-hybridized carbons (Fsp3) is 0.0909. The first-order chi connectivity index (χ1) is 20.9. The molecule has 0 saturated carbocycles. The van der Waals surface area contributed by atoms with Crippen molar-refractivity contribution in [3.05, 3.63) is 123 Å². The summed E-state index contributed by atoms with van der Waals surface area (Å²) in [6.45, 7) is 2.36. The number of para-hydroxylation sites is 2. The van der Waals surface area contributed by atoms with Crippen molar-refractivity contribution in [3.63, 3.8) is 0 Å². The van der Waals surface area contributed by atoms with Crippen LogP contribution in [0.4, 0.5) is 0 Å². The van der Waals surface area contributed by atoms with Gasteiger partial charge in [0.15, 0.2) is 17.3 Å². The van der Waals surface area contributed by atoms with Crippen molar-refractivity contribution in [1.82, 2.24) is 9.66 Å². The van der Waals surface area contributed by atoms with Crippen molar-refractivity contribution < 1.29 is 23.8 Å². The van der Waals surface area contributed by atoms with Gasteiger partial charge in [-0.05, 0) is 82.5 Å². The summed E-state index contributed by atoms with van der Waals surface area (Å²) in [6, 6.07) is 26.6. The van der Waals surface area contributed by atoms with Gasteiger partial charge in [0.05, 0.1) is 33.8 Å². The van der Waals surface area contributed by atoms with Crippen molar-refractivity contribution >= 4 is 50.0 Å². The number of benzene rings is 4. The van der Waals surface area contributed by atoms with Crippen LogP contribution < -0.4 is 15.0 Å². The van der Waals surface area contributed by atoms with Crippen molar-refractivity contribution in [3.8, 4) is 23.1 Å². The number of aromatic nitrogens is 2. The summed E-state index contributed by atoms with van der Waals surface area (Å²) in [4.78, 5) is 29.7. The monoisotopic (exact) mass is 637 g/mol. The van der Waals surface area contributed by atoms with E-state index in [1.165, 1.54) is 17.0 Å². The van der Waals surface area contributed by atoms with Crippen molar-refractivity contribution in [1.29, 1.82) is 0 Å². The highest BCUT2D eigenvalue weighted by Crippen LogP contribution is 2.37. The van der Waals surface area contributed by atoms with Crippen LogP contribution in [-0.2, 0) is 6.61 Å². The Balaban J connectivity index is 1.38. The first kappa shape index (κ1) is 27.9. The lowest BCUT2D eigenvalue weighted by Gasteiger charge is -2.15. The van der Waals surface area contributed by atoms with Gasteiger partial charge in [-0.15, -0.1) is 0 Å². The van der Waals surface area contributed by atoms with E-state index in [4.69, 9.17) is 18.9 Å². The zero-order chi connectivity index (χ0) is 29.9. The zero-order valence-corrected chi connectivity index (χ0v) is 24.4. The van der Waals surface area contributed by atoms with Gasteiger partial charge in [-0.2, -0.15) is 9.78 Å². The van der Waals surface area contributed by atoms with Gasteiger partial charge in [0.2, 0.25) is 5.82 Å². The second kappa shape index (κ2) is 11.9.